The van der Waals surface area contributed by atoms with E-state index >= 15 is 0 Å². The highest BCUT2D eigenvalue weighted by Crippen LogP contribution is 2.33. The van der Waals surface area contributed by atoms with E-state index in [1.54, 1.807) is 6.20 Å². The van der Waals surface area contributed by atoms with Crippen molar-refractivity contribution in [2.45, 2.75) is 109 Å². The van der Waals surface area contributed by atoms with Gasteiger partial charge in [0.25, 0.3) is 0 Å². The molecule has 35 heavy (non-hydrogen) atoms. The Balaban J connectivity index is 1.65. The zero-order valence-corrected chi connectivity index (χ0v) is 22.1. The van der Waals surface area contributed by atoms with Crippen LogP contribution in [-0.2, 0) is 18.4 Å². The Bertz CT molecular complexity index is 870. The maximum atomic E-state index is 7.12. The minimum atomic E-state index is -0.829. The molecule has 0 saturated heterocycles. The molecule has 4 heteroatoms. The minimum absolute atomic E-state index is 0.741. The van der Waals surface area contributed by atoms with Gasteiger partial charge >= 0.3 is 0 Å². The lowest BCUT2D eigenvalue weighted by atomic mass is 9.80. The number of aromatic nitrogens is 3. The van der Waals surface area contributed by atoms with Crippen LogP contribution in [0.1, 0.15) is 119 Å². The summed E-state index contributed by atoms with van der Waals surface area (Å²) in [7, 11) is 0. The van der Waals surface area contributed by atoms with Gasteiger partial charge in [0.15, 0.2) is 0 Å². The molecule has 2 aromatic carbocycles. The van der Waals surface area contributed by atoms with Gasteiger partial charge in [-0.3, -0.25) is 0 Å². The predicted octanol–water partition coefficient (Wildman–Crippen LogP) is 7.86. The summed E-state index contributed by atoms with van der Waals surface area (Å²) < 4.78 is 0. The van der Waals surface area contributed by atoms with Crippen LogP contribution in [0.15, 0.2) is 54.7 Å². The fraction of sp³-hybridized carbons (Fsp3) is 0.548. The molecule has 0 bridgehead atoms. The van der Waals surface area contributed by atoms with Gasteiger partial charge in [-0.1, -0.05) is 127 Å². The van der Waals surface area contributed by atoms with Crippen molar-refractivity contribution in [3.63, 3.8) is 0 Å². The van der Waals surface area contributed by atoms with E-state index in [4.69, 9.17) is 5.73 Å². The second-order valence-electron chi connectivity index (χ2n) is 10.1. The van der Waals surface area contributed by atoms with Gasteiger partial charge in [-0.05, 0) is 47.9 Å². The highest BCUT2D eigenvalue weighted by Gasteiger charge is 2.34. The zero-order valence-electron chi connectivity index (χ0n) is 22.1. The van der Waals surface area contributed by atoms with Crippen LogP contribution in [0.2, 0.25) is 0 Å². The van der Waals surface area contributed by atoms with E-state index in [-0.39, 0.29) is 0 Å². The Labute approximate surface area is 213 Å². The Hall–Kier alpha value is -2.46. The van der Waals surface area contributed by atoms with Crippen LogP contribution in [0.25, 0.3) is 0 Å². The number of aromatic amines is 1. The molecule has 1 aromatic heterocycles. The molecule has 3 rings (SSSR count). The number of benzene rings is 2. The minimum Gasteiger partial charge on any atom is -0.313 e. The molecule has 4 nitrogen and oxygen atoms in total. The summed E-state index contributed by atoms with van der Waals surface area (Å²) in [5.41, 5.74) is 11.9. The van der Waals surface area contributed by atoms with Crippen molar-refractivity contribution in [1.29, 1.82) is 0 Å². The standard InChI is InChI=1S/C31H46N4/c1-3-5-7-9-11-13-15-26-17-21-28(22-18-26)31(32,30-25-33-35-34-30)29-23-19-27(20-24-29)16-14-12-10-8-6-4-2/h17-25H,3-16,32H2,1-2H3,(H,33,34,35). The van der Waals surface area contributed by atoms with E-state index in [0.29, 0.717) is 0 Å². The first-order valence-corrected chi connectivity index (χ1v) is 14.0. The molecule has 0 radical (unpaired) electrons. The topological polar surface area (TPSA) is 67.6 Å². The summed E-state index contributed by atoms with van der Waals surface area (Å²) >= 11 is 0. The molecule has 0 saturated carbocycles. The highest BCUT2D eigenvalue weighted by atomic mass is 15.3. The van der Waals surface area contributed by atoms with Crippen LogP contribution in [-0.4, -0.2) is 15.4 Å². The Morgan fingerprint density at radius 1 is 0.629 bits per heavy atom. The molecule has 0 aliphatic heterocycles. The van der Waals surface area contributed by atoms with Crippen molar-refractivity contribution in [1.82, 2.24) is 15.4 Å². The molecule has 3 aromatic rings. The molecular weight excluding hydrogens is 428 g/mol. The Morgan fingerprint density at radius 2 is 1.06 bits per heavy atom. The molecule has 0 spiro atoms. The van der Waals surface area contributed by atoms with Gasteiger partial charge in [-0.15, -0.1) is 0 Å². The summed E-state index contributed by atoms with van der Waals surface area (Å²) in [5, 5.41) is 11.2. The van der Waals surface area contributed by atoms with Gasteiger partial charge in [0, 0.05) is 0 Å². The number of hydrogen-bond donors (Lipinski definition) is 2. The van der Waals surface area contributed by atoms with Crippen LogP contribution < -0.4 is 5.73 Å². The first-order valence-electron chi connectivity index (χ1n) is 14.0. The largest absolute Gasteiger partial charge is 0.313 e. The summed E-state index contributed by atoms with van der Waals surface area (Å²) in [6.07, 6.45) is 19.9. The Morgan fingerprint density at radius 3 is 1.46 bits per heavy atom. The number of nitrogens with one attached hydrogen (secondary N) is 1. The van der Waals surface area contributed by atoms with Gasteiger partial charge in [-0.25, -0.2) is 0 Å². The van der Waals surface area contributed by atoms with Crippen molar-refractivity contribution in [2.24, 2.45) is 5.73 Å². The number of aryl methyl sites for hydroxylation is 2. The molecular formula is C31H46N4. The predicted molar refractivity (Wildman–Crippen MR) is 147 cm³/mol. The van der Waals surface area contributed by atoms with E-state index < -0.39 is 5.54 Å². The molecule has 0 aliphatic rings. The summed E-state index contributed by atoms with van der Waals surface area (Å²) in [4.78, 5) is 0. The Kier molecular flexibility index (Phi) is 11.5. The molecule has 0 unspecified atom stereocenters. The number of rotatable bonds is 17. The number of H-pyrrole nitrogens is 1. The normalized spacial score (nSPS) is 11.7. The maximum Gasteiger partial charge on any atom is 0.113 e. The third-order valence-corrected chi connectivity index (χ3v) is 7.28. The van der Waals surface area contributed by atoms with Crippen LogP contribution >= 0.6 is 0 Å². The second-order valence-corrected chi connectivity index (χ2v) is 10.1. The average Bonchev–Trinajstić information content (AvgIpc) is 3.44. The third-order valence-electron chi connectivity index (χ3n) is 7.28. The molecule has 0 aliphatic carbocycles. The van der Waals surface area contributed by atoms with E-state index in [2.05, 4.69) is 77.8 Å². The van der Waals surface area contributed by atoms with Gasteiger partial charge in [0.2, 0.25) is 0 Å². The number of unbranched alkanes of at least 4 members (excludes halogenated alkanes) is 10. The van der Waals surface area contributed by atoms with Gasteiger partial charge < -0.3 is 5.73 Å². The molecule has 190 valence electrons. The number of hydrogen-bond acceptors (Lipinski definition) is 3. The molecule has 0 atom stereocenters. The summed E-state index contributed by atoms with van der Waals surface area (Å²) in [6, 6.07) is 17.6. The van der Waals surface area contributed by atoms with Gasteiger partial charge in [0.05, 0.1) is 6.20 Å². The first kappa shape index (κ1) is 27.1. The zero-order chi connectivity index (χ0) is 24.8. The van der Waals surface area contributed by atoms with E-state index in [0.717, 1.165) is 29.7 Å². The maximum absolute atomic E-state index is 7.12. The average molecular weight is 475 g/mol. The van der Waals surface area contributed by atoms with Crippen LogP contribution in [0.5, 0.6) is 0 Å². The number of nitrogens with zero attached hydrogens (tertiary/aromatic N) is 2. The third kappa shape index (κ3) is 8.03. The fourth-order valence-electron chi connectivity index (χ4n) is 4.94. The molecule has 1 heterocycles. The lowest BCUT2D eigenvalue weighted by Gasteiger charge is -2.29. The van der Waals surface area contributed by atoms with Gasteiger partial charge in [-0.2, -0.15) is 15.4 Å². The van der Waals surface area contributed by atoms with Crippen LogP contribution in [0, 0.1) is 0 Å². The SMILES string of the molecule is CCCCCCCCc1ccc(C(N)(c2ccc(CCCCCCCC)cc2)c2cn[nH]n2)cc1. The van der Waals surface area contributed by atoms with Crippen LogP contribution in [0.4, 0.5) is 0 Å². The highest BCUT2D eigenvalue weighted by molar-refractivity contribution is 5.47. The second kappa shape index (κ2) is 14.8. The number of nitrogens with two attached hydrogens (primary N) is 1. The van der Waals surface area contributed by atoms with Crippen LogP contribution in [0.3, 0.4) is 0 Å². The van der Waals surface area contributed by atoms with E-state index in [9.17, 15) is 0 Å². The lowest BCUT2D eigenvalue weighted by Crippen LogP contribution is -2.39. The quantitative estimate of drug-likeness (QED) is 0.196. The van der Waals surface area contributed by atoms with Crippen molar-refractivity contribution < 1.29 is 0 Å². The first-order chi connectivity index (χ1) is 17.2. The molecule has 0 amide bonds. The van der Waals surface area contributed by atoms with Crippen molar-refractivity contribution in [3.8, 4) is 0 Å². The molecule has 3 N–H and O–H groups in total. The van der Waals surface area contributed by atoms with Crippen molar-refractivity contribution in [2.75, 3.05) is 0 Å². The van der Waals surface area contributed by atoms with E-state index in [1.807, 2.05) is 0 Å². The van der Waals surface area contributed by atoms with Crippen molar-refractivity contribution >= 4 is 0 Å². The summed E-state index contributed by atoms with van der Waals surface area (Å²) in [5.74, 6) is 0. The smallest absolute Gasteiger partial charge is 0.113 e. The van der Waals surface area contributed by atoms with E-state index in [1.165, 1.54) is 88.2 Å². The molecule has 0 fully saturated rings. The summed E-state index contributed by atoms with van der Waals surface area (Å²) in [6.45, 7) is 4.53. The monoisotopic (exact) mass is 474 g/mol. The van der Waals surface area contributed by atoms with Gasteiger partial charge in [0.1, 0.15) is 11.2 Å². The lowest BCUT2D eigenvalue weighted by molar-refractivity contribution is 0.605. The fourth-order valence-corrected chi connectivity index (χ4v) is 4.94. The van der Waals surface area contributed by atoms with Crippen molar-refractivity contribution in [3.05, 3.63) is 82.7 Å².